The van der Waals surface area contributed by atoms with Crippen LogP contribution in [-0.4, -0.2) is 48.5 Å². The van der Waals surface area contributed by atoms with Gasteiger partial charge in [0.15, 0.2) is 0 Å². The maximum absolute atomic E-state index is 11.4. The molecule has 6 heteroatoms. The second-order valence-electron chi connectivity index (χ2n) is 7.27. The van der Waals surface area contributed by atoms with E-state index in [1.54, 1.807) is 24.3 Å². The number of carbonyl (C=O) groups is 1. The van der Waals surface area contributed by atoms with Crippen molar-refractivity contribution in [3.8, 4) is 0 Å². The lowest BCUT2D eigenvalue weighted by Gasteiger charge is -2.31. The summed E-state index contributed by atoms with van der Waals surface area (Å²) < 4.78 is 5.54. The van der Waals surface area contributed by atoms with Crippen molar-refractivity contribution in [2.45, 2.75) is 12.8 Å². The average molecular weight is 403 g/mol. The minimum Gasteiger partial charge on any atom is -0.478 e. The van der Waals surface area contributed by atoms with E-state index in [2.05, 4.69) is 33.6 Å². The Kier molecular flexibility index (Phi) is 6.25. The van der Waals surface area contributed by atoms with E-state index in [4.69, 9.17) is 4.74 Å². The van der Waals surface area contributed by atoms with Crippen LogP contribution in [0.4, 0.5) is 5.69 Å². The Morgan fingerprint density at radius 1 is 1.03 bits per heavy atom. The molecule has 2 N–H and O–H groups in total. The number of anilines is 1. The summed E-state index contributed by atoms with van der Waals surface area (Å²) in [6.07, 6.45) is 5.93. The molecular formula is C24H25N3O3. The number of carboxylic acids is 1. The molecule has 0 aromatic heterocycles. The van der Waals surface area contributed by atoms with Gasteiger partial charge >= 0.3 is 5.97 Å². The first-order valence-corrected chi connectivity index (χ1v) is 10.2. The van der Waals surface area contributed by atoms with Gasteiger partial charge in [-0.2, -0.15) is 5.10 Å². The zero-order valence-corrected chi connectivity index (χ0v) is 16.8. The third kappa shape index (κ3) is 4.60. The molecule has 4 rings (SSSR count). The van der Waals surface area contributed by atoms with Crippen LogP contribution in [-0.2, 0) is 4.74 Å². The summed E-state index contributed by atoms with van der Waals surface area (Å²) in [5.41, 5.74) is 8.44. The van der Waals surface area contributed by atoms with Crippen molar-refractivity contribution in [2.24, 2.45) is 5.10 Å². The Labute approximate surface area is 176 Å². The van der Waals surface area contributed by atoms with Gasteiger partial charge in [-0.25, -0.2) is 4.79 Å². The quantitative estimate of drug-likeness (QED) is 0.557. The standard InChI is InChI=1S/C24H25N3O3/c28-24(29)21-8-4-5-9-22(21)26-25-17-20-11-10-19(16-18-6-2-1-3-7-18)23(20)27-12-14-30-15-13-27/h1-9,16-17,26H,10-15H2,(H,28,29)/b19-16-,25-17?. The number of nitrogens with zero attached hydrogens (tertiary/aromatic N) is 2. The molecule has 0 saturated carbocycles. The highest BCUT2D eigenvalue weighted by atomic mass is 16.5. The van der Waals surface area contributed by atoms with E-state index >= 15 is 0 Å². The summed E-state index contributed by atoms with van der Waals surface area (Å²) in [5, 5.41) is 13.7. The zero-order chi connectivity index (χ0) is 20.8. The van der Waals surface area contributed by atoms with Crippen molar-refractivity contribution in [3.05, 3.63) is 82.6 Å². The van der Waals surface area contributed by atoms with Gasteiger partial charge in [0.2, 0.25) is 0 Å². The van der Waals surface area contributed by atoms with Crippen molar-refractivity contribution in [1.82, 2.24) is 4.90 Å². The SMILES string of the molecule is O=C(O)c1ccccc1NN=CC1=C(N2CCOCC2)/C(=C\c2ccccc2)CC1. The van der Waals surface area contributed by atoms with Crippen molar-refractivity contribution in [1.29, 1.82) is 0 Å². The normalized spacial score (nSPS) is 18.4. The van der Waals surface area contributed by atoms with Gasteiger partial charge in [-0.15, -0.1) is 0 Å². The predicted octanol–water partition coefficient (Wildman–Crippen LogP) is 4.25. The molecule has 0 radical (unpaired) electrons. The summed E-state index contributed by atoms with van der Waals surface area (Å²) in [6, 6.07) is 17.1. The van der Waals surface area contributed by atoms with Crippen LogP contribution >= 0.6 is 0 Å². The Hall–Kier alpha value is -3.38. The van der Waals surface area contributed by atoms with Crippen LogP contribution in [0.15, 0.2) is 76.5 Å². The van der Waals surface area contributed by atoms with E-state index in [1.165, 1.54) is 16.8 Å². The molecule has 0 atom stereocenters. The van der Waals surface area contributed by atoms with Crippen molar-refractivity contribution in [3.63, 3.8) is 0 Å². The van der Waals surface area contributed by atoms with Crippen LogP contribution in [0.3, 0.4) is 0 Å². The van der Waals surface area contributed by atoms with Crippen LogP contribution < -0.4 is 5.43 Å². The van der Waals surface area contributed by atoms with Gasteiger partial charge in [0, 0.05) is 18.8 Å². The largest absolute Gasteiger partial charge is 0.478 e. The van der Waals surface area contributed by atoms with E-state index in [1.807, 2.05) is 24.4 Å². The first kappa shape index (κ1) is 19.9. The fraction of sp³-hybridized carbons (Fsp3) is 0.250. The molecule has 2 aliphatic rings. The Morgan fingerprint density at radius 2 is 1.77 bits per heavy atom. The lowest BCUT2D eigenvalue weighted by molar-refractivity contribution is 0.0548. The van der Waals surface area contributed by atoms with Crippen LogP contribution in [0.1, 0.15) is 28.8 Å². The van der Waals surface area contributed by atoms with E-state index in [9.17, 15) is 9.90 Å². The number of rotatable bonds is 6. The summed E-state index contributed by atoms with van der Waals surface area (Å²) >= 11 is 0. The summed E-state index contributed by atoms with van der Waals surface area (Å²) in [5.74, 6) is -0.976. The smallest absolute Gasteiger partial charge is 0.337 e. The van der Waals surface area contributed by atoms with E-state index < -0.39 is 5.97 Å². The molecule has 0 amide bonds. The Balaban J connectivity index is 1.61. The van der Waals surface area contributed by atoms with Crippen LogP contribution in [0.5, 0.6) is 0 Å². The molecule has 154 valence electrons. The number of nitrogens with one attached hydrogen (secondary N) is 1. The Bertz CT molecular complexity index is 990. The van der Waals surface area contributed by atoms with Crippen molar-refractivity contribution >= 4 is 23.9 Å². The fourth-order valence-corrected chi connectivity index (χ4v) is 3.87. The minimum atomic E-state index is -0.976. The molecule has 1 saturated heterocycles. The zero-order valence-electron chi connectivity index (χ0n) is 16.8. The number of carboxylic acid groups (broad SMARTS) is 1. The molecule has 0 bridgehead atoms. The van der Waals surface area contributed by atoms with E-state index in [0.29, 0.717) is 5.69 Å². The van der Waals surface area contributed by atoms with Gasteiger partial charge in [-0.05, 0) is 47.8 Å². The number of allylic oxidation sites excluding steroid dienone is 2. The summed E-state index contributed by atoms with van der Waals surface area (Å²) in [4.78, 5) is 13.8. The van der Waals surface area contributed by atoms with Crippen LogP contribution in [0.25, 0.3) is 6.08 Å². The lowest BCUT2D eigenvalue weighted by Crippen LogP contribution is -2.36. The second-order valence-corrected chi connectivity index (χ2v) is 7.27. The van der Waals surface area contributed by atoms with Crippen LogP contribution in [0, 0.1) is 0 Å². The van der Waals surface area contributed by atoms with Gasteiger partial charge in [0.05, 0.1) is 30.7 Å². The molecule has 1 heterocycles. The highest BCUT2D eigenvalue weighted by Crippen LogP contribution is 2.35. The van der Waals surface area contributed by atoms with Gasteiger partial charge in [0.25, 0.3) is 0 Å². The van der Waals surface area contributed by atoms with Crippen LogP contribution in [0.2, 0.25) is 0 Å². The predicted molar refractivity (Wildman–Crippen MR) is 119 cm³/mol. The monoisotopic (exact) mass is 403 g/mol. The molecule has 2 aromatic carbocycles. The highest BCUT2D eigenvalue weighted by Gasteiger charge is 2.25. The number of aromatic carboxylic acids is 1. The van der Waals surface area contributed by atoms with Gasteiger partial charge in [-0.1, -0.05) is 42.5 Å². The number of hydrogen-bond donors (Lipinski definition) is 2. The molecule has 6 nitrogen and oxygen atoms in total. The first-order valence-electron chi connectivity index (χ1n) is 10.2. The minimum absolute atomic E-state index is 0.202. The molecule has 2 aromatic rings. The summed E-state index contributed by atoms with van der Waals surface area (Å²) in [6.45, 7) is 3.15. The average Bonchev–Trinajstić information content (AvgIpc) is 3.17. The van der Waals surface area contributed by atoms with E-state index in [-0.39, 0.29) is 5.56 Å². The number of hydrazone groups is 1. The molecule has 30 heavy (non-hydrogen) atoms. The molecule has 1 aliphatic heterocycles. The molecule has 0 spiro atoms. The summed E-state index contributed by atoms with van der Waals surface area (Å²) in [7, 11) is 0. The highest BCUT2D eigenvalue weighted by molar-refractivity contribution is 5.94. The fourth-order valence-electron chi connectivity index (χ4n) is 3.87. The maximum atomic E-state index is 11.4. The molecule has 1 aliphatic carbocycles. The molecule has 0 unspecified atom stereocenters. The first-order chi connectivity index (χ1) is 14.7. The molecular weight excluding hydrogens is 378 g/mol. The number of ether oxygens (including phenoxy) is 1. The third-order valence-corrected chi connectivity index (χ3v) is 5.30. The molecule has 1 fully saturated rings. The second kappa shape index (κ2) is 9.41. The third-order valence-electron chi connectivity index (χ3n) is 5.30. The van der Waals surface area contributed by atoms with Gasteiger partial charge < -0.3 is 14.7 Å². The lowest BCUT2D eigenvalue weighted by atomic mass is 10.1. The Morgan fingerprint density at radius 3 is 2.53 bits per heavy atom. The van der Waals surface area contributed by atoms with Gasteiger partial charge in [0.1, 0.15) is 0 Å². The number of hydrogen-bond acceptors (Lipinski definition) is 5. The number of benzene rings is 2. The number of para-hydroxylation sites is 1. The topological polar surface area (TPSA) is 74.2 Å². The van der Waals surface area contributed by atoms with Crippen molar-refractivity contribution in [2.75, 3.05) is 31.7 Å². The maximum Gasteiger partial charge on any atom is 0.337 e. The van der Waals surface area contributed by atoms with Gasteiger partial charge in [-0.3, -0.25) is 5.43 Å². The van der Waals surface area contributed by atoms with Crippen molar-refractivity contribution < 1.29 is 14.6 Å². The van der Waals surface area contributed by atoms with E-state index in [0.717, 1.165) is 44.7 Å². The number of morpholine rings is 1.